The van der Waals surface area contributed by atoms with Gasteiger partial charge in [-0.05, 0) is 54.7 Å². The number of rotatable bonds is 15. The normalized spacial score (nSPS) is 12.6. The molecule has 0 aliphatic heterocycles. The molecule has 0 amide bonds. The number of hydrogen-bond acceptors (Lipinski definition) is 3. The van der Waals surface area contributed by atoms with Gasteiger partial charge in [0.25, 0.3) is 0 Å². The van der Waals surface area contributed by atoms with Crippen LogP contribution in [0.25, 0.3) is 0 Å². The lowest BCUT2D eigenvalue weighted by Crippen LogP contribution is -2.28. The standard InChI is InChI=1S/C25H34ClNO4S/c1-2-3-4-5-6-7-10-24(27-32(30,31)23-18-16-22(26)17-19-23)21-14-12-20(13-15-21)9-8-11-25(28)29/h12-19,24,27H,2-11H2,1H3,(H,28,29). The molecular formula is C25H34ClNO4S. The van der Waals surface area contributed by atoms with Crippen LogP contribution in [0.4, 0.5) is 0 Å². The Labute approximate surface area is 197 Å². The Bertz CT molecular complexity index is 927. The van der Waals surface area contributed by atoms with E-state index in [0.29, 0.717) is 17.9 Å². The summed E-state index contributed by atoms with van der Waals surface area (Å²) in [7, 11) is -3.68. The van der Waals surface area contributed by atoms with E-state index >= 15 is 0 Å². The first-order valence-electron chi connectivity index (χ1n) is 11.4. The molecule has 0 saturated carbocycles. The Kier molecular flexibility index (Phi) is 11.2. The van der Waals surface area contributed by atoms with Gasteiger partial charge in [-0.15, -0.1) is 0 Å². The quantitative estimate of drug-likeness (QED) is 0.285. The van der Waals surface area contributed by atoms with Gasteiger partial charge in [-0.2, -0.15) is 0 Å². The number of unbranched alkanes of at least 4 members (excludes halogenated alkanes) is 5. The third-order valence-corrected chi connectivity index (χ3v) is 7.25. The van der Waals surface area contributed by atoms with Gasteiger partial charge in [0, 0.05) is 17.5 Å². The predicted octanol–water partition coefficient (Wildman–Crippen LogP) is 6.52. The highest BCUT2D eigenvalue weighted by Crippen LogP contribution is 2.25. The number of sulfonamides is 1. The van der Waals surface area contributed by atoms with Gasteiger partial charge in [-0.25, -0.2) is 13.1 Å². The average Bonchev–Trinajstić information content (AvgIpc) is 2.76. The van der Waals surface area contributed by atoms with Crippen LogP contribution in [0, 0.1) is 0 Å². The zero-order chi connectivity index (χ0) is 23.4. The zero-order valence-corrected chi connectivity index (χ0v) is 20.3. The summed E-state index contributed by atoms with van der Waals surface area (Å²) in [5.41, 5.74) is 1.96. The zero-order valence-electron chi connectivity index (χ0n) is 18.7. The summed E-state index contributed by atoms with van der Waals surface area (Å²) in [4.78, 5) is 10.9. The summed E-state index contributed by atoms with van der Waals surface area (Å²) in [5.74, 6) is -0.794. The van der Waals surface area contributed by atoms with Gasteiger partial charge in [-0.3, -0.25) is 4.79 Å². The first kappa shape index (κ1) is 26.4. The summed E-state index contributed by atoms with van der Waals surface area (Å²) < 4.78 is 28.8. The fraction of sp³-hybridized carbons (Fsp3) is 0.480. The molecule has 176 valence electrons. The fourth-order valence-electron chi connectivity index (χ4n) is 3.65. The summed E-state index contributed by atoms with van der Waals surface area (Å²) >= 11 is 5.90. The van der Waals surface area contributed by atoms with Crippen molar-refractivity contribution in [2.24, 2.45) is 0 Å². The van der Waals surface area contributed by atoms with Gasteiger partial charge in [0.15, 0.2) is 0 Å². The van der Waals surface area contributed by atoms with E-state index in [1.807, 2.05) is 24.3 Å². The smallest absolute Gasteiger partial charge is 0.303 e. The molecule has 2 rings (SSSR count). The SMILES string of the molecule is CCCCCCCCC(NS(=O)(=O)c1ccc(Cl)cc1)c1ccc(CCCC(=O)O)cc1. The molecule has 2 aromatic carbocycles. The van der Waals surface area contributed by atoms with Crippen LogP contribution in [0.2, 0.25) is 5.02 Å². The molecule has 32 heavy (non-hydrogen) atoms. The first-order chi connectivity index (χ1) is 15.3. The number of carboxylic acids is 1. The molecule has 1 atom stereocenters. The van der Waals surface area contributed by atoms with Crippen molar-refractivity contribution in [1.82, 2.24) is 4.72 Å². The van der Waals surface area contributed by atoms with Crippen molar-refractivity contribution in [3.63, 3.8) is 0 Å². The number of aryl methyl sites for hydroxylation is 1. The minimum absolute atomic E-state index is 0.142. The second-order valence-electron chi connectivity index (χ2n) is 8.17. The summed E-state index contributed by atoms with van der Waals surface area (Å²) in [5, 5.41) is 9.30. The molecule has 0 fully saturated rings. The summed E-state index contributed by atoms with van der Waals surface area (Å²) in [6.07, 6.45) is 8.95. The van der Waals surface area contributed by atoms with Crippen LogP contribution in [0.1, 0.15) is 81.9 Å². The number of hydrogen-bond donors (Lipinski definition) is 2. The number of benzene rings is 2. The highest BCUT2D eigenvalue weighted by Gasteiger charge is 2.21. The molecule has 0 aliphatic carbocycles. The molecule has 2 N–H and O–H groups in total. The summed E-state index contributed by atoms with van der Waals surface area (Å²) in [6.45, 7) is 2.19. The first-order valence-corrected chi connectivity index (χ1v) is 13.3. The van der Waals surface area contributed by atoms with Crippen molar-refractivity contribution >= 4 is 27.6 Å². The van der Waals surface area contributed by atoms with Crippen molar-refractivity contribution in [3.8, 4) is 0 Å². The largest absolute Gasteiger partial charge is 0.481 e. The molecule has 0 radical (unpaired) electrons. The van der Waals surface area contributed by atoms with Crippen molar-refractivity contribution in [3.05, 3.63) is 64.7 Å². The van der Waals surface area contributed by atoms with E-state index < -0.39 is 16.0 Å². The number of nitrogens with one attached hydrogen (secondary N) is 1. The molecule has 0 aliphatic rings. The van der Waals surface area contributed by atoms with E-state index in [4.69, 9.17) is 16.7 Å². The van der Waals surface area contributed by atoms with E-state index in [1.54, 1.807) is 12.1 Å². The van der Waals surface area contributed by atoms with Gasteiger partial charge in [0.1, 0.15) is 0 Å². The minimum atomic E-state index is -3.68. The Balaban J connectivity index is 2.09. The van der Waals surface area contributed by atoms with Crippen molar-refractivity contribution in [2.75, 3.05) is 0 Å². The van der Waals surface area contributed by atoms with Crippen LogP contribution in [0.3, 0.4) is 0 Å². The van der Waals surface area contributed by atoms with Crippen LogP contribution in [0.5, 0.6) is 0 Å². The molecule has 7 heteroatoms. The molecule has 1 unspecified atom stereocenters. The number of aliphatic carboxylic acids is 1. The Morgan fingerprint density at radius 2 is 1.56 bits per heavy atom. The predicted molar refractivity (Wildman–Crippen MR) is 130 cm³/mol. The van der Waals surface area contributed by atoms with Crippen molar-refractivity contribution in [1.29, 1.82) is 0 Å². The van der Waals surface area contributed by atoms with Crippen LogP contribution in [-0.4, -0.2) is 19.5 Å². The Hall–Kier alpha value is -1.89. The lowest BCUT2D eigenvalue weighted by Gasteiger charge is -2.20. The maximum absolute atomic E-state index is 13.0. The fourth-order valence-corrected chi connectivity index (χ4v) is 5.04. The second kappa shape index (κ2) is 13.6. The molecule has 5 nitrogen and oxygen atoms in total. The van der Waals surface area contributed by atoms with Gasteiger partial charge >= 0.3 is 5.97 Å². The number of halogens is 1. The lowest BCUT2D eigenvalue weighted by atomic mass is 9.98. The third-order valence-electron chi connectivity index (χ3n) is 5.51. The molecular weight excluding hydrogens is 446 g/mol. The molecule has 2 aromatic rings. The van der Waals surface area contributed by atoms with E-state index in [-0.39, 0.29) is 17.4 Å². The molecule has 0 bridgehead atoms. The van der Waals surface area contributed by atoms with E-state index in [1.165, 1.54) is 31.4 Å². The number of carbonyl (C=O) groups is 1. The van der Waals surface area contributed by atoms with Crippen LogP contribution < -0.4 is 4.72 Å². The van der Waals surface area contributed by atoms with E-state index in [2.05, 4.69) is 11.6 Å². The second-order valence-corrected chi connectivity index (χ2v) is 10.3. The highest BCUT2D eigenvalue weighted by atomic mass is 35.5. The van der Waals surface area contributed by atoms with Crippen LogP contribution in [0.15, 0.2) is 53.4 Å². The topological polar surface area (TPSA) is 83.5 Å². The van der Waals surface area contributed by atoms with Crippen molar-refractivity contribution in [2.45, 2.75) is 82.1 Å². The van der Waals surface area contributed by atoms with Crippen LogP contribution >= 0.6 is 11.6 Å². The summed E-state index contributed by atoms with van der Waals surface area (Å²) in [6, 6.07) is 13.7. The van der Waals surface area contributed by atoms with Crippen LogP contribution in [-0.2, 0) is 21.2 Å². The van der Waals surface area contributed by atoms with E-state index in [9.17, 15) is 13.2 Å². The maximum atomic E-state index is 13.0. The van der Waals surface area contributed by atoms with Gasteiger partial charge < -0.3 is 5.11 Å². The molecule has 0 heterocycles. The number of carboxylic acid groups (broad SMARTS) is 1. The monoisotopic (exact) mass is 479 g/mol. The Morgan fingerprint density at radius 1 is 0.938 bits per heavy atom. The molecule has 0 aromatic heterocycles. The molecule has 0 saturated heterocycles. The van der Waals surface area contributed by atoms with Gasteiger partial charge in [0.2, 0.25) is 10.0 Å². The lowest BCUT2D eigenvalue weighted by molar-refractivity contribution is -0.137. The van der Waals surface area contributed by atoms with Crippen molar-refractivity contribution < 1.29 is 18.3 Å². The van der Waals surface area contributed by atoms with Gasteiger partial charge in [0.05, 0.1) is 4.90 Å². The van der Waals surface area contributed by atoms with Gasteiger partial charge in [-0.1, -0.05) is 81.3 Å². The Morgan fingerprint density at radius 3 is 2.19 bits per heavy atom. The maximum Gasteiger partial charge on any atom is 0.303 e. The molecule has 0 spiro atoms. The highest BCUT2D eigenvalue weighted by molar-refractivity contribution is 7.89. The third kappa shape index (κ3) is 9.31. The van der Waals surface area contributed by atoms with E-state index in [0.717, 1.165) is 36.8 Å². The minimum Gasteiger partial charge on any atom is -0.481 e. The average molecular weight is 480 g/mol.